The summed E-state index contributed by atoms with van der Waals surface area (Å²) in [6.07, 6.45) is 84.6. The van der Waals surface area contributed by atoms with Gasteiger partial charge in [0.05, 0.1) is 0 Å². The summed E-state index contributed by atoms with van der Waals surface area (Å²) < 4.78 is 16.9. The highest BCUT2D eigenvalue weighted by molar-refractivity contribution is 5.71. The van der Waals surface area contributed by atoms with Gasteiger partial charge in [-0.1, -0.05) is 279 Å². The van der Waals surface area contributed by atoms with Gasteiger partial charge < -0.3 is 14.2 Å². The largest absolute Gasteiger partial charge is 0.462 e. The minimum atomic E-state index is -0.789. The van der Waals surface area contributed by atoms with E-state index in [1.165, 1.54) is 154 Å². The van der Waals surface area contributed by atoms with Gasteiger partial charge in [-0.25, -0.2) is 0 Å². The van der Waals surface area contributed by atoms with Crippen LogP contribution in [0.15, 0.2) is 85.1 Å². The Hall–Kier alpha value is -3.41. The number of esters is 3. The van der Waals surface area contributed by atoms with Gasteiger partial charge in [0.2, 0.25) is 0 Å². The highest BCUT2D eigenvalue weighted by atomic mass is 16.6. The third kappa shape index (κ3) is 61.4. The standard InChI is InChI=1S/C70H122O6/c1-4-7-10-13-16-19-22-25-27-28-29-30-31-32-33-34-35-36-37-38-39-40-41-42-43-46-48-51-54-57-60-63-69(72)75-66-67(65-74-68(71)62-59-56-53-50-47-44-24-21-18-15-12-9-6-3)76-70(73)64-61-58-55-52-49-45-26-23-20-17-14-11-8-5-2/h12,14-15,17,21-26,28-29,31-32,67H,4-11,13,16,18-20,27,30,33-66H2,1-3H3/b15-12-,17-14-,24-21-,25-22-,26-23-,29-28-,32-31-. The molecule has 0 aliphatic rings. The molecule has 438 valence electrons. The van der Waals surface area contributed by atoms with Crippen molar-refractivity contribution in [3.8, 4) is 0 Å². The van der Waals surface area contributed by atoms with Crippen LogP contribution >= 0.6 is 0 Å². The van der Waals surface area contributed by atoms with Gasteiger partial charge >= 0.3 is 17.9 Å². The predicted molar refractivity (Wildman–Crippen MR) is 330 cm³/mol. The number of carbonyl (C=O) groups excluding carboxylic acids is 3. The molecule has 1 atom stereocenters. The maximum atomic E-state index is 12.9. The molecule has 0 saturated heterocycles. The van der Waals surface area contributed by atoms with Gasteiger partial charge in [0.1, 0.15) is 13.2 Å². The molecule has 0 fully saturated rings. The number of rotatable bonds is 59. The van der Waals surface area contributed by atoms with Crippen LogP contribution in [0.5, 0.6) is 0 Å². The second-order valence-corrected chi connectivity index (χ2v) is 21.7. The first-order chi connectivity index (χ1) is 37.5. The van der Waals surface area contributed by atoms with E-state index in [0.717, 1.165) is 128 Å². The smallest absolute Gasteiger partial charge is 0.306 e. The lowest BCUT2D eigenvalue weighted by molar-refractivity contribution is -0.167. The van der Waals surface area contributed by atoms with Crippen LogP contribution in [0, 0.1) is 0 Å². The quantitative estimate of drug-likeness (QED) is 0.0261. The Balaban J connectivity index is 4.17. The van der Waals surface area contributed by atoms with Gasteiger partial charge in [0, 0.05) is 19.3 Å². The van der Waals surface area contributed by atoms with Gasteiger partial charge in [-0.05, 0) is 109 Å². The average Bonchev–Trinajstić information content (AvgIpc) is 3.42. The molecule has 76 heavy (non-hydrogen) atoms. The zero-order valence-corrected chi connectivity index (χ0v) is 50.3. The first kappa shape index (κ1) is 72.6. The van der Waals surface area contributed by atoms with Crippen LogP contribution in [0.1, 0.15) is 323 Å². The SMILES string of the molecule is CCC/C=C\C/C=C\CCCCCCCC(=O)OCC(COC(=O)CCCCCCCCCCCCCCCCCC/C=C\C/C=C\C/C=C\CCCCCCC)OC(=O)CCCCCCC/C=C\C/C=C\CCCC. The van der Waals surface area contributed by atoms with Crippen LogP contribution in [0.2, 0.25) is 0 Å². The molecule has 0 aromatic heterocycles. The van der Waals surface area contributed by atoms with Crippen LogP contribution < -0.4 is 0 Å². The van der Waals surface area contributed by atoms with Crippen LogP contribution in [0.3, 0.4) is 0 Å². The van der Waals surface area contributed by atoms with Crippen molar-refractivity contribution in [2.45, 2.75) is 329 Å². The molecule has 0 saturated carbocycles. The fourth-order valence-electron chi connectivity index (χ4n) is 9.15. The van der Waals surface area contributed by atoms with Crippen molar-refractivity contribution in [2.24, 2.45) is 0 Å². The predicted octanol–water partition coefficient (Wildman–Crippen LogP) is 22.3. The Labute approximate surface area is 471 Å². The maximum Gasteiger partial charge on any atom is 0.306 e. The molecule has 0 spiro atoms. The van der Waals surface area contributed by atoms with E-state index in [1.807, 2.05) is 0 Å². The number of unbranched alkanes of at least 4 members (excludes halogenated alkanes) is 34. The van der Waals surface area contributed by atoms with E-state index in [2.05, 4.69) is 106 Å². The van der Waals surface area contributed by atoms with Gasteiger partial charge in [-0.3, -0.25) is 14.4 Å². The molecule has 0 bridgehead atoms. The molecular formula is C70H122O6. The summed E-state index contributed by atoms with van der Waals surface area (Å²) in [5.41, 5.74) is 0. The second-order valence-electron chi connectivity index (χ2n) is 21.7. The average molecular weight is 1060 g/mol. The molecule has 6 nitrogen and oxygen atoms in total. The Kier molecular flexibility index (Phi) is 61.2. The molecule has 0 heterocycles. The number of carbonyl (C=O) groups is 3. The molecule has 0 N–H and O–H groups in total. The normalized spacial score (nSPS) is 12.6. The molecule has 6 heteroatoms. The van der Waals surface area contributed by atoms with E-state index >= 15 is 0 Å². The molecule has 0 aromatic carbocycles. The van der Waals surface area contributed by atoms with E-state index in [-0.39, 0.29) is 31.1 Å². The van der Waals surface area contributed by atoms with Crippen LogP contribution in [-0.2, 0) is 28.6 Å². The number of ether oxygens (including phenoxy) is 3. The Morgan fingerprint density at radius 2 is 0.513 bits per heavy atom. The van der Waals surface area contributed by atoms with Gasteiger partial charge in [0.15, 0.2) is 6.10 Å². The summed E-state index contributed by atoms with van der Waals surface area (Å²) in [6.45, 7) is 6.52. The summed E-state index contributed by atoms with van der Waals surface area (Å²) in [7, 11) is 0. The molecule has 0 aliphatic carbocycles. The van der Waals surface area contributed by atoms with Crippen molar-refractivity contribution in [1.29, 1.82) is 0 Å². The van der Waals surface area contributed by atoms with Crippen LogP contribution in [-0.4, -0.2) is 37.2 Å². The van der Waals surface area contributed by atoms with Crippen LogP contribution in [0.4, 0.5) is 0 Å². The topological polar surface area (TPSA) is 78.9 Å². The third-order valence-electron chi connectivity index (χ3n) is 14.1. The van der Waals surface area contributed by atoms with Crippen molar-refractivity contribution in [3.05, 3.63) is 85.1 Å². The lowest BCUT2D eigenvalue weighted by atomic mass is 10.0. The van der Waals surface area contributed by atoms with E-state index in [9.17, 15) is 14.4 Å². The Morgan fingerprint density at radius 3 is 0.829 bits per heavy atom. The first-order valence-corrected chi connectivity index (χ1v) is 32.6. The van der Waals surface area contributed by atoms with E-state index in [0.29, 0.717) is 19.3 Å². The van der Waals surface area contributed by atoms with Crippen molar-refractivity contribution >= 4 is 17.9 Å². The molecular weight excluding hydrogens is 937 g/mol. The van der Waals surface area contributed by atoms with E-state index < -0.39 is 6.10 Å². The molecule has 0 aliphatic heterocycles. The van der Waals surface area contributed by atoms with Crippen LogP contribution in [0.25, 0.3) is 0 Å². The highest BCUT2D eigenvalue weighted by Crippen LogP contribution is 2.16. The van der Waals surface area contributed by atoms with Crippen molar-refractivity contribution in [1.82, 2.24) is 0 Å². The molecule has 0 aromatic rings. The molecule has 0 rings (SSSR count). The van der Waals surface area contributed by atoms with E-state index in [4.69, 9.17) is 14.2 Å². The first-order valence-electron chi connectivity index (χ1n) is 32.6. The number of allylic oxidation sites excluding steroid dienone is 14. The van der Waals surface area contributed by atoms with E-state index in [1.54, 1.807) is 0 Å². The zero-order valence-electron chi connectivity index (χ0n) is 50.3. The summed E-state index contributed by atoms with van der Waals surface area (Å²) in [5.74, 6) is -0.904. The highest BCUT2D eigenvalue weighted by Gasteiger charge is 2.19. The fraction of sp³-hybridized carbons (Fsp3) is 0.757. The molecule has 1 unspecified atom stereocenters. The summed E-state index contributed by atoms with van der Waals surface area (Å²) in [6, 6.07) is 0. The van der Waals surface area contributed by atoms with Crippen molar-refractivity contribution in [3.63, 3.8) is 0 Å². The maximum absolute atomic E-state index is 12.9. The molecule has 0 radical (unpaired) electrons. The number of hydrogen-bond donors (Lipinski definition) is 0. The molecule has 0 amide bonds. The third-order valence-corrected chi connectivity index (χ3v) is 14.1. The fourth-order valence-corrected chi connectivity index (χ4v) is 9.15. The van der Waals surface area contributed by atoms with Gasteiger partial charge in [-0.2, -0.15) is 0 Å². The van der Waals surface area contributed by atoms with Gasteiger partial charge in [-0.15, -0.1) is 0 Å². The zero-order chi connectivity index (χ0) is 55.0. The lowest BCUT2D eigenvalue weighted by Crippen LogP contribution is -2.30. The monoisotopic (exact) mass is 1060 g/mol. The minimum absolute atomic E-state index is 0.0851. The Bertz CT molecular complexity index is 1450. The Morgan fingerprint density at radius 1 is 0.263 bits per heavy atom. The van der Waals surface area contributed by atoms with Crippen molar-refractivity contribution in [2.75, 3.05) is 13.2 Å². The second kappa shape index (κ2) is 64.1. The lowest BCUT2D eigenvalue weighted by Gasteiger charge is -2.18. The number of hydrogen-bond acceptors (Lipinski definition) is 6. The summed E-state index contributed by atoms with van der Waals surface area (Å²) >= 11 is 0. The summed E-state index contributed by atoms with van der Waals surface area (Å²) in [4.78, 5) is 38.2. The minimum Gasteiger partial charge on any atom is -0.462 e. The summed E-state index contributed by atoms with van der Waals surface area (Å²) in [5, 5.41) is 0. The van der Waals surface area contributed by atoms with Gasteiger partial charge in [0.25, 0.3) is 0 Å². The van der Waals surface area contributed by atoms with Crippen molar-refractivity contribution < 1.29 is 28.6 Å².